The molecule has 3 rings (SSSR count). The monoisotopic (exact) mass is 365 g/mol. The van der Waals surface area contributed by atoms with Crippen molar-refractivity contribution in [2.24, 2.45) is 5.41 Å². The molecule has 1 aromatic carbocycles. The molecule has 2 fully saturated rings. The van der Waals surface area contributed by atoms with Crippen molar-refractivity contribution in [1.29, 1.82) is 0 Å². The number of halogens is 1. The first-order chi connectivity index (χ1) is 11.8. The van der Waals surface area contributed by atoms with E-state index in [9.17, 15) is 19.5 Å². The fourth-order valence-electron chi connectivity index (χ4n) is 3.24. The lowest BCUT2D eigenvalue weighted by molar-refractivity contribution is -0.147. The number of anilines is 1. The molecular weight excluding hydrogens is 346 g/mol. The van der Waals surface area contributed by atoms with Gasteiger partial charge < -0.3 is 20.2 Å². The zero-order valence-corrected chi connectivity index (χ0v) is 14.6. The Morgan fingerprint density at radius 1 is 1.28 bits per heavy atom. The molecule has 0 spiro atoms. The second-order valence-electron chi connectivity index (χ2n) is 6.79. The van der Waals surface area contributed by atoms with E-state index in [1.807, 2.05) is 0 Å². The van der Waals surface area contributed by atoms with E-state index in [1.165, 1.54) is 4.90 Å². The second-order valence-corrected chi connectivity index (χ2v) is 7.23. The highest BCUT2D eigenvalue weighted by molar-refractivity contribution is 6.30. The number of urea groups is 1. The SMILES string of the molecule is CC1(C(=O)O)CCN(C(=O)NC2CCN(c3ccc(Cl)cc3)C2=O)C1. The molecule has 2 heterocycles. The predicted molar refractivity (Wildman–Crippen MR) is 92.7 cm³/mol. The number of nitrogens with one attached hydrogen (secondary N) is 1. The maximum atomic E-state index is 12.5. The van der Waals surface area contributed by atoms with Crippen LogP contribution >= 0.6 is 11.6 Å². The summed E-state index contributed by atoms with van der Waals surface area (Å²) in [6.07, 6.45) is 0.919. The summed E-state index contributed by atoms with van der Waals surface area (Å²) in [5.74, 6) is -1.08. The Hall–Kier alpha value is -2.28. The molecule has 2 saturated heterocycles. The molecule has 0 aromatic heterocycles. The number of likely N-dealkylation sites (tertiary alicyclic amines) is 1. The van der Waals surface area contributed by atoms with Crippen LogP contribution in [0.2, 0.25) is 5.02 Å². The van der Waals surface area contributed by atoms with E-state index >= 15 is 0 Å². The molecule has 0 bridgehead atoms. The highest BCUT2D eigenvalue weighted by Crippen LogP contribution is 2.30. The third-order valence-electron chi connectivity index (χ3n) is 4.92. The van der Waals surface area contributed by atoms with Gasteiger partial charge in [-0.3, -0.25) is 9.59 Å². The average molecular weight is 366 g/mol. The molecule has 0 saturated carbocycles. The van der Waals surface area contributed by atoms with Gasteiger partial charge in [-0.2, -0.15) is 0 Å². The maximum absolute atomic E-state index is 12.5. The number of benzene rings is 1. The number of carbonyl (C=O) groups excluding carboxylic acids is 2. The number of aliphatic carboxylic acids is 1. The Morgan fingerprint density at radius 2 is 1.96 bits per heavy atom. The smallest absolute Gasteiger partial charge is 0.318 e. The molecule has 2 unspecified atom stereocenters. The van der Waals surface area contributed by atoms with Crippen LogP contribution in [0.25, 0.3) is 0 Å². The Kier molecular flexibility index (Phi) is 4.60. The highest BCUT2D eigenvalue weighted by Gasteiger charge is 2.43. The summed E-state index contributed by atoms with van der Waals surface area (Å²) < 4.78 is 0. The van der Waals surface area contributed by atoms with Gasteiger partial charge in [0.05, 0.1) is 5.41 Å². The van der Waals surface area contributed by atoms with Gasteiger partial charge in [-0.25, -0.2) is 4.79 Å². The Balaban J connectivity index is 1.61. The quantitative estimate of drug-likeness (QED) is 0.856. The number of nitrogens with zero attached hydrogens (tertiary/aromatic N) is 2. The molecule has 0 radical (unpaired) electrons. The van der Waals surface area contributed by atoms with E-state index in [0.717, 1.165) is 5.69 Å². The summed E-state index contributed by atoms with van der Waals surface area (Å²) in [6.45, 7) is 2.66. The van der Waals surface area contributed by atoms with E-state index < -0.39 is 17.4 Å². The van der Waals surface area contributed by atoms with Crippen LogP contribution in [0.4, 0.5) is 10.5 Å². The normalized spacial score (nSPS) is 26.2. The number of rotatable bonds is 3. The van der Waals surface area contributed by atoms with Crippen molar-refractivity contribution < 1.29 is 19.5 Å². The third-order valence-corrected chi connectivity index (χ3v) is 5.17. The first kappa shape index (κ1) is 17.5. The van der Waals surface area contributed by atoms with Gasteiger partial charge in [0.2, 0.25) is 5.91 Å². The molecule has 2 aliphatic rings. The molecule has 2 N–H and O–H groups in total. The zero-order valence-electron chi connectivity index (χ0n) is 13.9. The van der Waals surface area contributed by atoms with Crippen LogP contribution in [0.15, 0.2) is 24.3 Å². The molecule has 3 amide bonds. The maximum Gasteiger partial charge on any atom is 0.318 e. The number of amides is 3. The zero-order chi connectivity index (χ0) is 18.2. The van der Waals surface area contributed by atoms with Gasteiger partial charge in [0.15, 0.2) is 0 Å². The average Bonchev–Trinajstić information content (AvgIpc) is 3.14. The number of carboxylic acids is 1. The van der Waals surface area contributed by atoms with Crippen LogP contribution in [-0.2, 0) is 9.59 Å². The molecule has 2 aliphatic heterocycles. The van der Waals surface area contributed by atoms with Crippen molar-refractivity contribution >= 4 is 35.2 Å². The van der Waals surface area contributed by atoms with Crippen LogP contribution in [0.5, 0.6) is 0 Å². The summed E-state index contributed by atoms with van der Waals surface area (Å²) >= 11 is 5.86. The molecule has 0 aliphatic carbocycles. The van der Waals surface area contributed by atoms with E-state index in [1.54, 1.807) is 36.1 Å². The second kappa shape index (κ2) is 6.55. The Bertz CT molecular complexity index is 708. The first-order valence-electron chi connectivity index (χ1n) is 8.16. The largest absolute Gasteiger partial charge is 0.481 e. The highest BCUT2D eigenvalue weighted by atomic mass is 35.5. The van der Waals surface area contributed by atoms with E-state index in [2.05, 4.69) is 5.32 Å². The molecular formula is C17H20ClN3O4. The van der Waals surface area contributed by atoms with Crippen molar-refractivity contribution in [3.8, 4) is 0 Å². The summed E-state index contributed by atoms with van der Waals surface area (Å²) in [5.41, 5.74) is -0.183. The van der Waals surface area contributed by atoms with Gasteiger partial charge in [0.25, 0.3) is 0 Å². The lowest BCUT2D eigenvalue weighted by Gasteiger charge is -2.22. The van der Waals surface area contributed by atoms with E-state index in [-0.39, 0.29) is 18.5 Å². The van der Waals surface area contributed by atoms with Gasteiger partial charge >= 0.3 is 12.0 Å². The van der Waals surface area contributed by atoms with Crippen molar-refractivity contribution in [2.75, 3.05) is 24.5 Å². The van der Waals surface area contributed by atoms with Gasteiger partial charge in [-0.05, 0) is 44.0 Å². The van der Waals surface area contributed by atoms with Crippen molar-refractivity contribution in [1.82, 2.24) is 10.2 Å². The van der Waals surface area contributed by atoms with Crippen LogP contribution in [0.1, 0.15) is 19.8 Å². The molecule has 7 nitrogen and oxygen atoms in total. The standard InChI is InChI=1S/C17H20ClN3O4/c1-17(15(23)24)7-9-20(10-17)16(25)19-13-6-8-21(14(13)22)12-4-2-11(18)3-5-12/h2-5,13H,6-10H2,1H3,(H,19,25)(H,23,24). The Labute approximate surface area is 150 Å². The van der Waals surface area contributed by atoms with Crippen LogP contribution in [-0.4, -0.2) is 53.6 Å². The lowest BCUT2D eigenvalue weighted by atomic mass is 9.90. The fourth-order valence-corrected chi connectivity index (χ4v) is 3.37. The number of hydrogen-bond donors (Lipinski definition) is 2. The summed E-state index contributed by atoms with van der Waals surface area (Å²) in [7, 11) is 0. The summed E-state index contributed by atoms with van der Waals surface area (Å²) in [4.78, 5) is 39.3. The number of hydrogen-bond acceptors (Lipinski definition) is 3. The third kappa shape index (κ3) is 3.42. The number of carbonyl (C=O) groups is 3. The van der Waals surface area contributed by atoms with Crippen molar-refractivity contribution in [2.45, 2.75) is 25.8 Å². The van der Waals surface area contributed by atoms with E-state index in [0.29, 0.717) is 31.0 Å². The minimum Gasteiger partial charge on any atom is -0.481 e. The van der Waals surface area contributed by atoms with Gasteiger partial charge in [0.1, 0.15) is 6.04 Å². The minimum atomic E-state index is -0.924. The van der Waals surface area contributed by atoms with E-state index in [4.69, 9.17) is 11.6 Å². The molecule has 25 heavy (non-hydrogen) atoms. The molecule has 8 heteroatoms. The van der Waals surface area contributed by atoms with Crippen LogP contribution < -0.4 is 10.2 Å². The Morgan fingerprint density at radius 3 is 2.56 bits per heavy atom. The van der Waals surface area contributed by atoms with Gasteiger partial charge in [0, 0.05) is 30.3 Å². The topological polar surface area (TPSA) is 89.9 Å². The first-order valence-corrected chi connectivity index (χ1v) is 8.54. The summed E-state index contributed by atoms with van der Waals surface area (Å²) in [6, 6.07) is 5.98. The van der Waals surface area contributed by atoms with Crippen LogP contribution in [0, 0.1) is 5.41 Å². The lowest BCUT2D eigenvalue weighted by Crippen LogP contribution is -2.48. The predicted octanol–water partition coefficient (Wildman–Crippen LogP) is 1.95. The molecule has 1 aromatic rings. The molecule has 134 valence electrons. The fraction of sp³-hybridized carbons (Fsp3) is 0.471. The van der Waals surface area contributed by atoms with Crippen molar-refractivity contribution in [3.05, 3.63) is 29.3 Å². The van der Waals surface area contributed by atoms with Gasteiger partial charge in [-0.1, -0.05) is 11.6 Å². The van der Waals surface area contributed by atoms with Crippen LogP contribution in [0.3, 0.4) is 0 Å². The summed E-state index contributed by atoms with van der Waals surface area (Å²) in [5, 5.41) is 12.6. The van der Waals surface area contributed by atoms with Crippen molar-refractivity contribution in [3.63, 3.8) is 0 Å². The minimum absolute atomic E-state index is 0.149. The number of carboxylic acid groups (broad SMARTS) is 1. The van der Waals surface area contributed by atoms with Gasteiger partial charge in [-0.15, -0.1) is 0 Å². The molecule has 2 atom stereocenters.